The molecule has 33 heavy (non-hydrogen) atoms. The van der Waals surface area contributed by atoms with Gasteiger partial charge >= 0.3 is 0 Å². The van der Waals surface area contributed by atoms with E-state index in [1.54, 1.807) is 29.3 Å². The van der Waals surface area contributed by atoms with Crippen LogP contribution in [0, 0.1) is 0 Å². The van der Waals surface area contributed by atoms with E-state index in [2.05, 4.69) is 21.2 Å². The van der Waals surface area contributed by atoms with Crippen molar-refractivity contribution < 1.29 is 14.3 Å². The first-order valence-corrected chi connectivity index (χ1v) is 11.5. The van der Waals surface area contributed by atoms with Crippen LogP contribution in [0.3, 0.4) is 0 Å². The summed E-state index contributed by atoms with van der Waals surface area (Å²) in [6.45, 7) is 3.72. The van der Waals surface area contributed by atoms with Gasteiger partial charge in [-0.05, 0) is 56.4 Å². The van der Waals surface area contributed by atoms with E-state index in [0.29, 0.717) is 36.8 Å². The minimum atomic E-state index is -0.155. The minimum Gasteiger partial charge on any atom is -0.478 e. The first-order chi connectivity index (χ1) is 16.2. The molecule has 1 unspecified atom stereocenters. The predicted octanol–water partition coefficient (Wildman–Crippen LogP) is 3.77. The van der Waals surface area contributed by atoms with Crippen LogP contribution in [0.5, 0.6) is 5.88 Å². The number of aromatic amines is 1. The van der Waals surface area contributed by atoms with Gasteiger partial charge in [0.25, 0.3) is 11.8 Å². The Balaban J connectivity index is 1.35. The van der Waals surface area contributed by atoms with Gasteiger partial charge in [0.2, 0.25) is 5.88 Å². The summed E-state index contributed by atoms with van der Waals surface area (Å²) in [4.78, 5) is 34.3. The molecule has 5 rings (SSSR count). The van der Waals surface area contributed by atoms with E-state index in [1.165, 1.54) is 5.56 Å². The lowest BCUT2D eigenvalue weighted by molar-refractivity contribution is 0.0605. The molecule has 2 aromatic heterocycles. The Morgan fingerprint density at radius 2 is 2.00 bits per heavy atom. The lowest BCUT2D eigenvalue weighted by Gasteiger charge is -2.35. The van der Waals surface area contributed by atoms with Crippen molar-refractivity contribution in [3.8, 4) is 5.88 Å². The first kappa shape index (κ1) is 21.2. The molecule has 8 heteroatoms. The number of benzene rings is 1. The Kier molecular flexibility index (Phi) is 5.81. The van der Waals surface area contributed by atoms with Gasteiger partial charge in [-0.25, -0.2) is 4.98 Å². The van der Waals surface area contributed by atoms with Crippen molar-refractivity contribution in [2.45, 2.75) is 38.6 Å². The van der Waals surface area contributed by atoms with E-state index in [9.17, 15) is 9.59 Å². The summed E-state index contributed by atoms with van der Waals surface area (Å²) in [6.07, 6.45) is 5.18. The Morgan fingerprint density at radius 1 is 1.12 bits per heavy atom. The molecule has 8 nitrogen and oxygen atoms in total. The molecule has 0 saturated carbocycles. The molecule has 1 aromatic carbocycles. The number of ether oxygens (including phenoxy) is 1. The van der Waals surface area contributed by atoms with Crippen molar-refractivity contribution >= 4 is 17.5 Å². The van der Waals surface area contributed by atoms with Gasteiger partial charge in [-0.2, -0.15) is 5.10 Å². The van der Waals surface area contributed by atoms with Crippen LogP contribution in [0.4, 0.5) is 5.69 Å². The number of nitrogens with zero attached hydrogens (tertiary/aromatic N) is 4. The number of para-hydroxylation sites is 1. The number of hydrogen-bond acceptors (Lipinski definition) is 5. The number of H-pyrrole nitrogens is 1. The highest BCUT2D eigenvalue weighted by atomic mass is 16.5. The van der Waals surface area contributed by atoms with Gasteiger partial charge < -0.3 is 14.5 Å². The third-order valence-electron chi connectivity index (χ3n) is 6.35. The molecular weight excluding hydrogens is 418 g/mol. The smallest absolute Gasteiger partial charge is 0.278 e. The Bertz CT molecular complexity index is 1160. The second-order valence-corrected chi connectivity index (χ2v) is 8.37. The standard InChI is InChI=1S/C25H27N5O3/c1-2-33-23-11-10-18(16-26-23)24(31)29-13-6-5-9-22(29)19-15-20(28-27-19)25(32)30-14-12-17-7-3-4-8-21(17)30/h3-4,7-8,10-11,15-16,22H,2,5-6,9,12-14H2,1H3,(H,27,28). The third kappa shape index (κ3) is 4.08. The summed E-state index contributed by atoms with van der Waals surface area (Å²) in [6, 6.07) is 13.1. The Labute approximate surface area is 192 Å². The molecule has 2 amide bonds. The highest BCUT2D eigenvalue weighted by molar-refractivity contribution is 6.06. The quantitative estimate of drug-likeness (QED) is 0.645. The number of pyridine rings is 1. The SMILES string of the molecule is CCOc1ccc(C(=O)N2CCCCC2c2cc(C(=O)N3CCc4ccccc43)n[nH]2)cn1. The molecule has 0 radical (unpaired) electrons. The van der Waals surface area contributed by atoms with Crippen molar-refractivity contribution in [1.29, 1.82) is 0 Å². The number of anilines is 1. The van der Waals surface area contributed by atoms with E-state index >= 15 is 0 Å². The summed E-state index contributed by atoms with van der Waals surface area (Å²) < 4.78 is 5.38. The second kappa shape index (κ2) is 9.05. The average molecular weight is 446 g/mol. The van der Waals surface area contributed by atoms with Crippen molar-refractivity contribution in [2.75, 3.05) is 24.6 Å². The number of aromatic nitrogens is 3. The van der Waals surface area contributed by atoms with Gasteiger partial charge in [0.15, 0.2) is 5.69 Å². The average Bonchev–Trinajstić information content (AvgIpc) is 3.52. The number of piperidine rings is 1. The van der Waals surface area contributed by atoms with Crippen molar-refractivity contribution in [2.24, 2.45) is 0 Å². The molecule has 1 N–H and O–H groups in total. The van der Waals surface area contributed by atoms with Crippen LogP contribution in [0.15, 0.2) is 48.7 Å². The van der Waals surface area contributed by atoms with Crippen LogP contribution in [0.1, 0.15) is 64.3 Å². The van der Waals surface area contributed by atoms with Crippen molar-refractivity contribution in [3.63, 3.8) is 0 Å². The summed E-state index contributed by atoms with van der Waals surface area (Å²) in [7, 11) is 0. The number of hydrogen-bond donors (Lipinski definition) is 1. The fourth-order valence-corrected chi connectivity index (χ4v) is 4.71. The molecule has 1 saturated heterocycles. The lowest BCUT2D eigenvalue weighted by Crippen LogP contribution is -2.38. The topological polar surface area (TPSA) is 91.4 Å². The van der Waals surface area contributed by atoms with Gasteiger partial charge in [0.1, 0.15) is 0 Å². The molecule has 1 atom stereocenters. The normalized spacial score (nSPS) is 17.7. The predicted molar refractivity (Wildman–Crippen MR) is 123 cm³/mol. The number of likely N-dealkylation sites (tertiary alicyclic amines) is 1. The zero-order chi connectivity index (χ0) is 22.8. The fraction of sp³-hybridized carbons (Fsp3) is 0.360. The number of rotatable bonds is 5. The molecule has 170 valence electrons. The van der Waals surface area contributed by atoms with Crippen LogP contribution in [0.2, 0.25) is 0 Å². The van der Waals surface area contributed by atoms with E-state index in [1.807, 2.05) is 30.0 Å². The highest BCUT2D eigenvalue weighted by Gasteiger charge is 2.32. The molecule has 4 heterocycles. The maximum Gasteiger partial charge on any atom is 0.278 e. The van der Waals surface area contributed by atoms with Crippen LogP contribution < -0.4 is 9.64 Å². The molecule has 3 aromatic rings. The number of carbonyl (C=O) groups is 2. The maximum absolute atomic E-state index is 13.3. The van der Waals surface area contributed by atoms with Gasteiger partial charge in [-0.1, -0.05) is 18.2 Å². The zero-order valence-corrected chi connectivity index (χ0v) is 18.7. The zero-order valence-electron chi connectivity index (χ0n) is 18.7. The molecular formula is C25H27N5O3. The van der Waals surface area contributed by atoms with Crippen LogP contribution in [-0.2, 0) is 6.42 Å². The van der Waals surface area contributed by atoms with E-state index in [0.717, 1.165) is 37.1 Å². The van der Waals surface area contributed by atoms with Gasteiger partial charge in [-0.3, -0.25) is 14.7 Å². The summed E-state index contributed by atoms with van der Waals surface area (Å²) in [5.41, 5.74) is 3.81. The maximum atomic E-state index is 13.3. The molecule has 1 fully saturated rings. The molecule has 0 bridgehead atoms. The number of carbonyl (C=O) groups excluding carboxylic acids is 2. The second-order valence-electron chi connectivity index (χ2n) is 8.37. The largest absolute Gasteiger partial charge is 0.478 e. The fourth-order valence-electron chi connectivity index (χ4n) is 4.71. The van der Waals surface area contributed by atoms with E-state index in [4.69, 9.17) is 4.74 Å². The summed E-state index contributed by atoms with van der Waals surface area (Å²) >= 11 is 0. The van der Waals surface area contributed by atoms with E-state index in [-0.39, 0.29) is 17.9 Å². The monoisotopic (exact) mass is 445 g/mol. The molecule has 2 aliphatic rings. The van der Waals surface area contributed by atoms with Crippen molar-refractivity contribution in [1.82, 2.24) is 20.1 Å². The highest BCUT2D eigenvalue weighted by Crippen LogP contribution is 2.33. The van der Waals surface area contributed by atoms with Crippen LogP contribution in [-0.4, -0.2) is 51.6 Å². The van der Waals surface area contributed by atoms with E-state index < -0.39 is 0 Å². The Morgan fingerprint density at radius 3 is 2.82 bits per heavy atom. The van der Waals surface area contributed by atoms with Gasteiger partial charge in [-0.15, -0.1) is 0 Å². The molecule has 0 aliphatic carbocycles. The summed E-state index contributed by atoms with van der Waals surface area (Å²) in [5, 5.41) is 7.36. The van der Waals surface area contributed by atoms with Crippen LogP contribution >= 0.6 is 0 Å². The third-order valence-corrected chi connectivity index (χ3v) is 6.35. The number of amides is 2. The number of nitrogens with one attached hydrogen (secondary N) is 1. The van der Waals surface area contributed by atoms with Crippen LogP contribution in [0.25, 0.3) is 0 Å². The lowest BCUT2D eigenvalue weighted by atomic mass is 9.98. The van der Waals surface area contributed by atoms with Gasteiger partial charge in [0.05, 0.1) is 23.9 Å². The molecule has 2 aliphatic heterocycles. The minimum absolute atomic E-state index is 0.0776. The van der Waals surface area contributed by atoms with Crippen molar-refractivity contribution in [3.05, 3.63) is 71.2 Å². The summed E-state index contributed by atoms with van der Waals surface area (Å²) in [5.74, 6) is 0.308. The van der Waals surface area contributed by atoms with Gasteiger partial charge in [0, 0.05) is 31.0 Å². The first-order valence-electron chi connectivity index (χ1n) is 11.5. The number of fused-ring (bicyclic) bond motifs is 1. The Hall–Kier alpha value is -3.68. The molecule has 0 spiro atoms.